The standard InChI is InChI=1S/C11H18N4O3/c1-14-7-9(15(17)18)10(13-14)12-11(8-16)5-3-2-4-6-11/h7,16H,2-6,8H2,1H3,(H,12,13). The van der Waals surface area contributed by atoms with Crippen molar-refractivity contribution in [1.29, 1.82) is 0 Å². The first-order valence-electron chi connectivity index (χ1n) is 6.13. The molecule has 2 N–H and O–H groups in total. The molecule has 0 aromatic carbocycles. The van der Waals surface area contributed by atoms with Gasteiger partial charge in [0.05, 0.1) is 17.1 Å². The third-order valence-electron chi connectivity index (χ3n) is 3.50. The van der Waals surface area contributed by atoms with Crippen molar-refractivity contribution >= 4 is 11.5 Å². The van der Waals surface area contributed by atoms with Crippen LogP contribution >= 0.6 is 0 Å². The number of aryl methyl sites for hydroxylation is 1. The van der Waals surface area contributed by atoms with Gasteiger partial charge in [0, 0.05) is 7.05 Å². The molecule has 0 radical (unpaired) electrons. The minimum atomic E-state index is -0.461. The van der Waals surface area contributed by atoms with Gasteiger partial charge >= 0.3 is 5.69 Å². The summed E-state index contributed by atoms with van der Waals surface area (Å²) < 4.78 is 1.41. The van der Waals surface area contributed by atoms with Gasteiger partial charge in [0.25, 0.3) is 0 Å². The summed E-state index contributed by atoms with van der Waals surface area (Å²) in [6.07, 6.45) is 6.20. The Morgan fingerprint density at radius 3 is 2.78 bits per heavy atom. The number of hydrogen-bond donors (Lipinski definition) is 2. The van der Waals surface area contributed by atoms with Crippen LogP contribution in [0.5, 0.6) is 0 Å². The van der Waals surface area contributed by atoms with Crippen LogP contribution in [0, 0.1) is 10.1 Å². The quantitative estimate of drug-likeness (QED) is 0.626. The summed E-state index contributed by atoms with van der Waals surface area (Å²) in [7, 11) is 1.64. The van der Waals surface area contributed by atoms with E-state index in [4.69, 9.17) is 0 Å². The molecule has 1 heterocycles. The zero-order valence-corrected chi connectivity index (χ0v) is 10.4. The van der Waals surface area contributed by atoms with E-state index in [0.717, 1.165) is 32.1 Å². The molecule has 1 saturated carbocycles. The first-order valence-corrected chi connectivity index (χ1v) is 6.13. The van der Waals surface area contributed by atoms with Crippen molar-refractivity contribution in [2.45, 2.75) is 37.6 Å². The normalized spacial score (nSPS) is 18.6. The zero-order valence-electron chi connectivity index (χ0n) is 10.4. The highest BCUT2D eigenvalue weighted by atomic mass is 16.6. The van der Waals surface area contributed by atoms with Crippen molar-refractivity contribution in [3.05, 3.63) is 16.3 Å². The molecular weight excluding hydrogens is 236 g/mol. The van der Waals surface area contributed by atoms with Crippen molar-refractivity contribution < 1.29 is 10.0 Å². The predicted molar refractivity (Wildman–Crippen MR) is 66.4 cm³/mol. The van der Waals surface area contributed by atoms with Gasteiger partial charge in [-0.2, -0.15) is 0 Å². The molecule has 0 bridgehead atoms. The molecule has 18 heavy (non-hydrogen) atoms. The molecule has 0 spiro atoms. The predicted octanol–water partition coefficient (Wildman–Crippen LogP) is 1.44. The zero-order chi connectivity index (χ0) is 13.2. The molecule has 7 heteroatoms. The van der Waals surface area contributed by atoms with E-state index in [1.807, 2.05) is 0 Å². The number of nitro groups is 1. The second-order valence-electron chi connectivity index (χ2n) is 4.92. The van der Waals surface area contributed by atoms with Gasteiger partial charge in [0.1, 0.15) is 6.20 Å². The number of rotatable bonds is 4. The van der Waals surface area contributed by atoms with Crippen LogP contribution < -0.4 is 5.32 Å². The van der Waals surface area contributed by atoms with Crippen LogP contribution in [0.2, 0.25) is 0 Å². The van der Waals surface area contributed by atoms with Crippen LogP contribution in [0.4, 0.5) is 11.5 Å². The number of nitrogens with zero attached hydrogens (tertiary/aromatic N) is 3. The van der Waals surface area contributed by atoms with Crippen molar-refractivity contribution in [1.82, 2.24) is 9.78 Å². The largest absolute Gasteiger partial charge is 0.394 e. The number of nitrogens with one attached hydrogen (secondary N) is 1. The SMILES string of the molecule is Cn1cc([N+](=O)[O-])c(NC2(CO)CCCCC2)n1. The lowest BCUT2D eigenvalue weighted by Crippen LogP contribution is -2.44. The molecule has 0 atom stereocenters. The van der Waals surface area contributed by atoms with Crippen LogP contribution in [0.1, 0.15) is 32.1 Å². The lowest BCUT2D eigenvalue weighted by molar-refractivity contribution is -0.384. The second kappa shape index (κ2) is 4.93. The van der Waals surface area contributed by atoms with E-state index >= 15 is 0 Å². The van der Waals surface area contributed by atoms with Gasteiger partial charge in [-0.25, -0.2) is 0 Å². The van der Waals surface area contributed by atoms with Crippen LogP contribution in [0.3, 0.4) is 0 Å². The highest BCUT2D eigenvalue weighted by Gasteiger charge is 2.34. The van der Waals surface area contributed by atoms with E-state index in [-0.39, 0.29) is 18.1 Å². The van der Waals surface area contributed by atoms with Crippen molar-refractivity contribution in [3.8, 4) is 0 Å². The molecule has 1 aromatic rings. The van der Waals surface area contributed by atoms with Crippen molar-refractivity contribution in [2.24, 2.45) is 7.05 Å². The Kier molecular flexibility index (Phi) is 3.51. The Morgan fingerprint density at radius 2 is 2.22 bits per heavy atom. The molecule has 1 aromatic heterocycles. The molecule has 0 aliphatic heterocycles. The number of aromatic nitrogens is 2. The van der Waals surface area contributed by atoms with Gasteiger partial charge in [0.15, 0.2) is 0 Å². The molecule has 1 aliphatic carbocycles. The van der Waals surface area contributed by atoms with Crippen molar-refractivity contribution in [3.63, 3.8) is 0 Å². The van der Waals surface area contributed by atoms with Crippen molar-refractivity contribution in [2.75, 3.05) is 11.9 Å². The molecule has 1 fully saturated rings. The Bertz CT molecular complexity index is 437. The van der Waals surface area contributed by atoms with E-state index in [1.54, 1.807) is 7.05 Å². The van der Waals surface area contributed by atoms with Crippen LogP contribution in [0.25, 0.3) is 0 Å². The molecule has 7 nitrogen and oxygen atoms in total. The second-order valence-corrected chi connectivity index (χ2v) is 4.92. The third-order valence-corrected chi connectivity index (χ3v) is 3.50. The fraction of sp³-hybridized carbons (Fsp3) is 0.727. The summed E-state index contributed by atoms with van der Waals surface area (Å²) in [6.45, 7) is -0.0271. The highest BCUT2D eigenvalue weighted by Crippen LogP contribution is 2.33. The summed E-state index contributed by atoms with van der Waals surface area (Å²) in [5, 5.41) is 27.7. The number of anilines is 1. The number of aliphatic hydroxyl groups excluding tert-OH is 1. The first-order chi connectivity index (χ1) is 8.56. The number of aliphatic hydroxyl groups is 1. The Hall–Kier alpha value is -1.63. The van der Waals surface area contributed by atoms with Gasteiger partial charge in [-0.1, -0.05) is 19.3 Å². The van der Waals surface area contributed by atoms with E-state index in [1.165, 1.54) is 10.9 Å². The lowest BCUT2D eigenvalue weighted by atomic mass is 9.82. The maximum absolute atomic E-state index is 10.9. The van der Waals surface area contributed by atoms with Gasteiger partial charge in [-0.05, 0) is 12.8 Å². The van der Waals surface area contributed by atoms with E-state index in [0.29, 0.717) is 0 Å². The average Bonchev–Trinajstić information content (AvgIpc) is 2.71. The van der Waals surface area contributed by atoms with E-state index in [9.17, 15) is 15.2 Å². The molecule has 0 unspecified atom stereocenters. The van der Waals surface area contributed by atoms with Gasteiger partial charge in [-0.3, -0.25) is 14.8 Å². The third kappa shape index (κ3) is 2.45. The fourth-order valence-corrected chi connectivity index (χ4v) is 2.50. The van der Waals surface area contributed by atoms with Gasteiger partial charge in [-0.15, -0.1) is 5.10 Å². The van der Waals surface area contributed by atoms with Crippen LogP contribution in [0.15, 0.2) is 6.20 Å². The molecule has 100 valence electrons. The van der Waals surface area contributed by atoms with E-state index in [2.05, 4.69) is 10.4 Å². The summed E-state index contributed by atoms with van der Waals surface area (Å²) in [5.41, 5.74) is -0.506. The maximum atomic E-state index is 10.9. The summed E-state index contributed by atoms with van der Waals surface area (Å²) in [5.74, 6) is 0.249. The average molecular weight is 254 g/mol. The summed E-state index contributed by atoms with van der Waals surface area (Å²) in [6, 6.07) is 0. The fourth-order valence-electron chi connectivity index (χ4n) is 2.50. The summed E-state index contributed by atoms with van der Waals surface area (Å²) in [4.78, 5) is 10.5. The number of hydrogen-bond acceptors (Lipinski definition) is 5. The monoisotopic (exact) mass is 254 g/mol. The maximum Gasteiger partial charge on any atom is 0.330 e. The lowest BCUT2D eigenvalue weighted by Gasteiger charge is -2.36. The molecule has 1 aliphatic rings. The summed E-state index contributed by atoms with van der Waals surface area (Å²) >= 11 is 0. The molecule has 0 amide bonds. The Balaban J connectivity index is 2.23. The Labute approximate surface area is 105 Å². The first kappa shape index (κ1) is 12.8. The smallest absolute Gasteiger partial charge is 0.330 e. The van der Waals surface area contributed by atoms with Gasteiger partial charge in [0.2, 0.25) is 5.82 Å². The van der Waals surface area contributed by atoms with Crippen LogP contribution in [-0.2, 0) is 7.05 Å². The molecular formula is C11H18N4O3. The van der Waals surface area contributed by atoms with E-state index < -0.39 is 10.5 Å². The minimum absolute atomic E-state index is 0.0271. The van der Waals surface area contributed by atoms with Crippen LogP contribution in [-0.4, -0.2) is 32.0 Å². The minimum Gasteiger partial charge on any atom is -0.394 e. The highest BCUT2D eigenvalue weighted by molar-refractivity contribution is 5.56. The molecule has 2 rings (SSSR count). The van der Waals surface area contributed by atoms with Gasteiger partial charge < -0.3 is 10.4 Å². The Morgan fingerprint density at radius 1 is 1.56 bits per heavy atom. The molecule has 0 saturated heterocycles. The topological polar surface area (TPSA) is 93.2 Å².